The lowest BCUT2D eigenvalue weighted by atomic mass is 9.97. The molecule has 0 aliphatic heterocycles. The van der Waals surface area contributed by atoms with Gasteiger partial charge >= 0.3 is 0 Å². The summed E-state index contributed by atoms with van der Waals surface area (Å²) in [6, 6.07) is 18.1. The van der Waals surface area contributed by atoms with Gasteiger partial charge in [-0.1, -0.05) is 50.1 Å². The number of ether oxygens (including phenoxy) is 1. The van der Waals surface area contributed by atoms with E-state index < -0.39 is 17.2 Å². The SMILES string of the molecule is CCCCCOc1ccc(C(=O)c2c(C)c(C#N)c(=O)n(CCc3ccccc3)c2O)cc1. The highest BCUT2D eigenvalue weighted by molar-refractivity contribution is 6.11. The maximum Gasteiger partial charge on any atom is 0.271 e. The van der Waals surface area contributed by atoms with E-state index in [0.717, 1.165) is 29.4 Å². The zero-order valence-electron chi connectivity index (χ0n) is 19.0. The van der Waals surface area contributed by atoms with Gasteiger partial charge in [-0.2, -0.15) is 5.26 Å². The van der Waals surface area contributed by atoms with Crippen LogP contribution in [0.3, 0.4) is 0 Å². The van der Waals surface area contributed by atoms with E-state index in [4.69, 9.17) is 4.74 Å². The van der Waals surface area contributed by atoms with E-state index in [1.54, 1.807) is 24.3 Å². The lowest BCUT2D eigenvalue weighted by Gasteiger charge is -2.16. The Bertz CT molecular complexity index is 1210. The topological polar surface area (TPSA) is 92.3 Å². The number of carbonyl (C=O) groups excluding carboxylic acids is 1. The average molecular weight is 445 g/mol. The van der Waals surface area contributed by atoms with Gasteiger partial charge in [-0.05, 0) is 55.2 Å². The Kier molecular flexibility index (Phi) is 8.04. The smallest absolute Gasteiger partial charge is 0.271 e. The van der Waals surface area contributed by atoms with E-state index in [-0.39, 0.29) is 23.2 Å². The number of aromatic hydroxyl groups is 1. The van der Waals surface area contributed by atoms with Crippen molar-refractivity contribution in [1.82, 2.24) is 4.57 Å². The van der Waals surface area contributed by atoms with Gasteiger partial charge in [0.1, 0.15) is 17.4 Å². The predicted molar refractivity (Wildman–Crippen MR) is 127 cm³/mol. The zero-order valence-corrected chi connectivity index (χ0v) is 19.0. The quantitative estimate of drug-likeness (QED) is 0.359. The van der Waals surface area contributed by atoms with Crippen LogP contribution in [-0.2, 0) is 13.0 Å². The molecule has 3 aromatic rings. The molecule has 2 aromatic carbocycles. The first-order valence-corrected chi connectivity index (χ1v) is 11.2. The van der Waals surface area contributed by atoms with Crippen molar-refractivity contribution in [3.63, 3.8) is 0 Å². The molecule has 0 radical (unpaired) electrons. The van der Waals surface area contributed by atoms with Gasteiger partial charge in [-0.3, -0.25) is 14.2 Å². The van der Waals surface area contributed by atoms with Gasteiger partial charge in [0.2, 0.25) is 5.88 Å². The third-order valence-electron chi connectivity index (χ3n) is 5.63. The third kappa shape index (κ3) is 5.50. The first-order valence-electron chi connectivity index (χ1n) is 11.2. The number of ketones is 1. The van der Waals surface area contributed by atoms with Gasteiger partial charge < -0.3 is 9.84 Å². The van der Waals surface area contributed by atoms with Gasteiger partial charge in [-0.25, -0.2) is 0 Å². The maximum absolute atomic E-state index is 13.3. The zero-order chi connectivity index (χ0) is 23.8. The molecule has 0 bridgehead atoms. The van der Waals surface area contributed by atoms with Crippen LogP contribution in [0.4, 0.5) is 0 Å². The number of pyridine rings is 1. The van der Waals surface area contributed by atoms with Crippen LogP contribution in [0, 0.1) is 18.3 Å². The Morgan fingerprint density at radius 3 is 2.42 bits per heavy atom. The van der Waals surface area contributed by atoms with E-state index >= 15 is 0 Å². The van der Waals surface area contributed by atoms with E-state index in [9.17, 15) is 20.0 Å². The van der Waals surface area contributed by atoms with Crippen LogP contribution in [-0.4, -0.2) is 22.1 Å². The van der Waals surface area contributed by atoms with Crippen molar-refractivity contribution in [3.8, 4) is 17.7 Å². The standard InChI is InChI=1S/C27H28N2O4/c1-3-4-8-17-33-22-13-11-21(12-14-22)25(30)24-19(2)23(18-28)26(31)29(27(24)32)16-15-20-9-6-5-7-10-20/h5-7,9-14,32H,3-4,8,15-17H2,1-2H3. The first kappa shape index (κ1) is 23.8. The molecule has 0 amide bonds. The molecule has 0 atom stereocenters. The summed E-state index contributed by atoms with van der Waals surface area (Å²) >= 11 is 0. The van der Waals surface area contributed by atoms with Gasteiger partial charge in [0.25, 0.3) is 5.56 Å². The van der Waals surface area contributed by atoms with Gasteiger partial charge in [-0.15, -0.1) is 0 Å². The number of benzene rings is 2. The number of hydrogen-bond donors (Lipinski definition) is 1. The molecule has 3 rings (SSSR count). The molecule has 0 fully saturated rings. The van der Waals surface area contributed by atoms with Crippen molar-refractivity contribution in [2.75, 3.05) is 6.61 Å². The number of nitriles is 1. The third-order valence-corrected chi connectivity index (χ3v) is 5.63. The van der Waals surface area contributed by atoms with Crippen LogP contribution in [0.2, 0.25) is 0 Å². The van der Waals surface area contributed by atoms with E-state index in [0.29, 0.717) is 24.3 Å². The number of aromatic nitrogens is 1. The number of aryl methyl sites for hydroxylation is 1. The summed E-state index contributed by atoms with van der Waals surface area (Å²) < 4.78 is 6.80. The average Bonchev–Trinajstić information content (AvgIpc) is 2.83. The number of hydrogen-bond acceptors (Lipinski definition) is 5. The molecular weight excluding hydrogens is 416 g/mol. The van der Waals surface area contributed by atoms with Crippen molar-refractivity contribution in [1.29, 1.82) is 5.26 Å². The fraction of sp³-hybridized carbons (Fsp3) is 0.296. The molecule has 0 aliphatic carbocycles. The molecular formula is C27H28N2O4. The Morgan fingerprint density at radius 2 is 1.79 bits per heavy atom. The Balaban J connectivity index is 1.90. The van der Waals surface area contributed by atoms with Crippen LogP contribution in [0.5, 0.6) is 11.6 Å². The predicted octanol–water partition coefficient (Wildman–Crippen LogP) is 4.78. The van der Waals surface area contributed by atoms with Crippen LogP contribution in [0.25, 0.3) is 0 Å². The molecule has 1 heterocycles. The summed E-state index contributed by atoms with van der Waals surface area (Å²) in [6.07, 6.45) is 3.64. The highest BCUT2D eigenvalue weighted by atomic mass is 16.5. The molecule has 1 N–H and O–H groups in total. The second-order valence-electron chi connectivity index (χ2n) is 7.91. The van der Waals surface area contributed by atoms with Crippen LogP contribution in [0.15, 0.2) is 59.4 Å². The van der Waals surface area contributed by atoms with Crippen LogP contribution >= 0.6 is 0 Å². The fourth-order valence-electron chi connectivity index (χ4n) is 3.70. The van der Waals surface area contributed by atoms with Crippen molar-refractivity contribution < 1.29 is 14.6 Å². The molecule has 0 aliphatic rings. The number of carbonyl (C=O) groups is 1. The first-order chi connectivity index (χ1) is 16.0. The summed E-state index contributed by atoms with van der Waals surface area (Å²) in [5.74, 6) is -0.209. The normalized spacial score (nSPS) is 10.6. The van der Waals surface area contributed by atoms with Gasteiger partial charge in [0.05, 0.1) is 12.2 Å². The lowest BCUT2D eigenvalue weighted by molar-refractivity contribution is 0.103. The summed E-state index contributed by atoms with van der Waals surface area (Å²) in [6.45, 7) is 4.40. The van der Waals surface area contributed by atoms with Crippen molar-refractivity contribution in [3.05, 3.63) is 92.8 Å². The van der Waals surface area contributed by atoms with E-state index in [1.807, 2.05) is 36.4 Å². The van der Waals surface area contributed by atoms with Crippen LogP contribution < -0.4 is 10.3 Å². The largest absolute Gasteiger partial charge is 0.494 e. The minimum atomic E-state index is -0.601. The molecule has 0 spiro atoms. The lowest BCUT2D eigenvalue weighted by Crippen LogP contribution is -2.27. The van der Waals surface area contributed by atoms with Crippen molar-refractivity contribution >= 4 is 5.78 Å². The summed E-state index contributed by atoms with van der Waals surface area (Å²) in [7, 11) is 0. The minimum Gasteiger partial charge on any atom is -0.494 e. The van der Waals surface area contributed by atoms with Crippen molar-refractivity contribution in [2.45, 2.75) is 46.1 Å². The van der Waals surface area contributed by atoms with Crippen molar-refractivity contribution in [2.24, 2.45) is 0 Å². The second-order valence-corrected chi connectivity index (χ2v) is 7.91. The monoisotopic (exact) mass is 444 g/mol. The van der Waals surface area contributed by atoms with Crippen LogP contribution in [0.1, 0.15) is 58.8 Å². The molecule has 1 aromatic heterocycles. The fourth-order valence-corrected chi connectivity index (χ4v) is 3.70. The summed E-state index contributed by atoms with van der Waals surface area (Å²) in [5, 5.41) is 20.5. The maximum atomic E-state index is 13.3. The van der Waals surface area contributed by atoms with Gasteiger partial charge in [0, 0.05) is 12.1 Å². The number of nitrogens with zero attached hydrogens (tertiary/aromatic N) is 2. The van der Waals surface area contributed by atoms with E-state index in [1.165, 1.54) is 6.92 Å². The molecule has 0 unspecified atom stereocenters. The van der Waals surface area contributed by atoms with E-state index in [2.05, 4.69) is 6.92 Å². The summed E-state index contributed by atoms with van der Waals surface area (Å²) in [4.78, 5) is 26.1. The molecule has 33 heavy (non-hydrogen) atoms. The Morgan fingerprint density at radius 1 is 1.09 bits per heavy atom. The Labute approximate surface area is 193 Å². The number of unbranched alkanes of at least 4 members (excludes halogenated alkanes) is 2. The summed E-state index contributed by atoms with van der Waals surface area (Å²) in [5.41, 5.74) is 0.726. The minimum absolute atomic E-state index is 0.0316. The molecule has 170 valence electrons. The Hall–Kier alpha value is -3.85. The number of rotatable bonds is 10. The second kappa shape index (κ2) is 11.1. The molecule has 6 heteroatoms. The molecule has 0 saturated heterocycles. The molecule has 6 nitrogen and oxygen atoms in total. The highest BCUT2D eigenvalue weighted by Crippen LogP contribution is 2.26. The highest BCUT2D eigenvalue weighted by Gasteiger charge is 2.24. The van der Waals surface area contributed by atoms with Gasteiger partial charge in [0.15, 0.2) is 5.78 Å². The molecule has 0 saturated carbocycles.